The molecule has 32 heavy (non-hydrogen) atoms. The number of pyridine rings is 1. The molecule has 2 fully saturated rings. The molecule has 3 rings (SSSR count). The molecule has 2 aliphatic heterocycles. The lowest BCUT2D eigenvalue weighted by Crippen LogP contribution is -2.54. The average Bonchev–Trinajstić information content (AvgIpc) is 2.79. The number of carbonyl (C=O) groups is 2. The Bertz CT molecular complexity index is 792. The minimum Gasteiger partial charge on any atom is -0.355 e. The predicted molar refractivity (Wildman–Crippen MR) is 115 cm³/mol. The summed E-state index contributed by atoms with van der Waals surface area (Å²) in [5.74, 6) is -0.379. The Morgan fingerprint density at radius 1 is 1.12 bits per heavy atom. The molecule has 0 N–H and O–H groups in total. The first kappa shape index (κ1) is 24.3. The van der Waals surface area contributed by atoms with Crippen LogP contribution in [0, 0.1) is 5.92 Å². The minimum atomic E-state index is -4.49. The van der Waals surface area contributed by atoms with Crippen molar-refractivity contribution in [3.63, 3.8) is 0 Å². The maximum Gasteiger partial charge on any atom is 0.419 e. The van der Waals surface area contributed by atoms with E-state index < -0.39 is 11.7 Å². The second kappa shape index (κ2) is 10.5. The van der Waals surface area contributed by atoms with Gasteiger partial charge in [-0.3, -0.25) is 14.5 Å². The van der Waals surface area contributed by atoms with E-state index >= 15 is 0 Å². The van der Waals surface area contributed by atoms with Crippen molar-refractivity contribution in [2.75, 3.05) is 63.8 Å². The van der Waals surface area contributed by atoms with E-state index in [4.69, 9.17) is 0 Å². The number of piperidine rings is 1. The third kappa shape index (κ3) is 5.70. The number of likely N-dealkylation sites (N-methyl/N-ethyl adjacent to an activating group) is 1. The third-order valence-corrected chi connectivity index (χ3v) is 6.32. The zero-order valence-corrected chi connectivity index (χ0v) is 18.8. The van der Waals surface area contributed by atoms with E-state index in [9.17, 15) is 22.8 Å². The monoisotopic (exact) mass is 455 g/mol. The molecule has 2 aliphatic rings. The van der Waals surface area contributed by atoms with Crippen LogP contribution < -0.4 is 4.90 Å². The van der Waals surface area contributed by atoms with Crippen molar-refractivity contribution in [2.45, 2.75) is 32.9 Å². The fourth-order valence-electron chi connectivity index (χ4n) is 4.49. The van der Waals surface area contributed by atoms with E-state index in [0.717, 1.165) is 6.07 Å². The van der Waals surface area contributed by atoms with Gasteiger partial charge in [-0.2, -0.15) is 13.2 Å². The summed E-state index contributed by atoms with van der Waals surface area (Å²) in [7, 11) is 0. The Morgan fingerprint density at radius 2 is 1.81 bits per heavy atom. The molecule has 0 aromatic carbocycles. The maximum absolute atomic E-state index is 13.4. The topological polar surface area (TPSA) is 60.0 Å². The van der Waals surface area contributed by atoms with Gasteiger partial charge in [-0.05, 0) is 38.8 Å². The number of amides is 2. The van der Waals surface area contributed by atoms with Crippen LogP contribution in [0.2, 0.25) is 0 Å². The minimum absolute atomic E-state index is 0.0195. The second-order valence-corrected chi connectivity index (χ2v) is 8.32. The number of hydrogen-bond acceptors (Lipinski definition) is 5. The number of anilines is 1. The van der Waals surface area contributed by atoms with Crippen molar-refractivity contribution in [2.24, 2.45) is 5.92 Å². The maximum atomic E-state index is 13.4. The van der Waals surface area contributed by atoms with Crippen LogP contribution in [-0.4, -0.2) is 90.4 Å². The van der Waals surface area contributed by atoms with E-state index in [1.807, 2.05) is 13.8 Å². The summed E-state index contributed by atoms with van der Waals surface area (Å²) >= 11 is 0. The van der Waals surface area contributed by atoms with Crippen molar-refractivity contribution in [3.8, 4) is 0 Å². The third-order valence-electron chi connectivity index (χ3n) is 6.32. The number of rotatable bonds is 6. The molecule has 0 spiro atoms. The zero-order valence-electron chi connectivity index (χ0n) is 18.8. The molecule has 0 saturated carbocycles. The molecule has 0 aliphatic carbocycles. The Kier molecular flexibility index (Phi) is 7.97. The molecule has 1 aromatic rings. The van der Waals surface area contributed by atoms with Crippen LogP contribution in [-0.2, 0) is 15.8 Å². The SMILES string of the molecule is CCN(CC)C(=O)CN1CCN(C(=O)C2CCCN(c3ncccc3C(F)(F)F)C2)CC1. The molecule has 3 heterocycles. The van der Waals surface area contributed by atoms with E-state index in [-0.39, 0.29) is 30.1 Å². The number of halogens is 3. The summed E-state index contributed by atoms with van der Waals surface area (Å²) in [6.45, 7) is 8.59. The van der Waals surface area contributed by atoms with Gasteiger partial charge in [0.2, 0.25) is 11.8 Å². The van der Waals surface area contributed by atoms with Crippen molar-refractivity contribution in [1.82, 2.24) is 19.7 Å². The smallest absolute Gasteiger partial charge is 0.355 e. The van der Waals surface area contributed by atoms with Crippen molar-refractivity contribution < 1.29 is 22.8 Å². The molecule has 10 heteroatoms. The first-order valence-electron chi connectivity index (χ1n) is 11.3. The molecule has 1 unspecified atom stereocenters. The Balaban J connectivity index is 1.57. The summed E-state index contributed by atoms with van der Waals surface area (Å²) in [6, 6.07) is 2.32. The highest BCUT2D eigenvalue weighted by atomic mass is 19.4. The molecule has 1 atom stereocenters. The van der Waals surface area contributed by atoms with Crippen LogP contribution in [0.15, 0.2) is 18.3 Å². The van der Waals surface area contributed by atoms with Crippen LogP contribution in [0.5, 0.6) is 0 Å². The van der Waals surface area contributed by atoms with Crippen LogP contribution in [0.4, 0.5) is 19.0 Å². The lowest BCUT2D eigenvalue weighted by Gasteiger charge is -2.39. The average molecular weight is 456 g/mol. The Labute approximate surface area is 187 Å². The molecular formula is C22H32F3N5O2. The standard InChI is InChI=1S/C22H32F3N5O2/c1-3-28(4-2)19(31)16-27-11-13-29(14-12-27)21(32)17-7-6-10-30(15-17)20-18(22(23,24)25)8-5-9-26-20/h5,8-9,17H,3-4,6-7,10-16H2,1-2H3. The first-order valence-corrected chi connectivity index (χ1v) is 11.3. The van der Waals surface area contributed by atoms with Gasteiger partial charge in [0.1, 0.15) is 5.82 Å². The molecule has 178 valence electrons. The summed E-state index contributed by atoms with van der Waals surface area (Å²) in [5.41, 5.74) is -0.764. The first-order chi connectivity index (χ1) is 15.2. The zero-order chi connectivity index (χ0) is 23.3. The van der Waals surface area contributed by atoms with Gasteiger partial charge in [-0.15, -0.1) is 0 Å². The molecule has 2 saturated heterocycles. The molecule has 1 aromatic heterocycles. The van der Waals surface area contributed by atoms with Gasteiger partial charge in [0.05, 0.1) is 18.0 Å². The lowest BCUT2D eigenvalue weighted by molar-refractivity contribution is -0.138. The number of nitrogens with zero attached hydrogens (tertiary/aromatic N) is 5. The van der Waals surface area contributed by atoms with Gasteiger partial charge in [0.15, 0.2) is 0 Å². The van der Waals surface area contributed by atoms with Crippen LogP contribution in [0.1, 0.15) is 32.3 Å². The molecule has 0 bridgehead atoms. The molecular weight excluding hydrogens is 423 g/mol. The highest BCUT2D eigenvalue weighted by Gasteiger charge is 2.38. The Morgan fingerprint density at radius 3 is 2.44 bits per heavy atom. The number of piperazine rings is 1. The highest BCUT2D eigenvalue weighted by molar-refractivity contribution is 5.80. The second-order valence-electron chi connectivity index (χ2n) is 8.32. The van der Waals surface area contributed by atoms with Gasteiger partial charge >= 0.3 is 6.18 Å². The number of alkyl halides is 3. The molecule has 7 nitrogen and oxygen atoms in total. The summed E-state index contributed by atoms with van der Waals surface area (Å²) in [6.07, 6.45) is -1.83. The summed E-state index contributed by atoms with van der Waals surface area (Å²) in [4.78, 5) is 36.6. The number of aromatic nitrogens is 1. The fourth-order valence-corrected chi connectivity index (χ4v) is 4.49. The van der Waals surface area contributed by atoms with E-state index in [1.165, 1.54) is 12.3 Å². The van der Waals surface area contributed by atoms with Gasteiger partial charge in [0, 0.05) is 58.6 Å². The van der Waals surface area contributed by atoms with Crippen LogP contribution in [0.25, 0.3) is 0 Å². The molecule has 2 amide bonds. The Hall–Kier alpha value is -2.36. The van der Waals surface area contributed by atoms with Crippen LogP contribution >= 0.6 is 0 Å². The summed E-state index contributed by atoms with van der Waals surface area (Å²) in [5, 5.41) is 0. The van der Waals surface area contributed by atoms with Crippen molar-refractivity contribution in [1.29, 1.82) is 0 Å². The predicted octanol–water partition coefficient (Wildman–Crippen LogP) is 2.33. The van der Waals surface area contributed by atoms with Crippen LogP contribution in [0.3, 0.4) is 0 Å². The van der Waals surface area contributed by atoms with Gasteiger partial charge in [-0.1, -0.05) is 0 Å². The van der Waals surface area contributed by atoms with E-state index in [2.05, 4.69) is 9.88 Å². The van der Waals surface area contributed by atoms with Gasteiger partial charge < -0.3 is 14.7 Å². The number of hydrogen-bond donors (Lipinski definition) is 0. The van der Waals surface area contributed by atoms with E-state index in [1.54, 1.807) is 14.7 Å². The molecule has 0 radical (unpaired) electrons. The summed E-state index contributed by atoms with van der Waals surface area (Å²) < 4.78 is 40.2. The highest BCUT2D eigenvalue weighted by Crippen LogP contribution is 2.36. The van der Waals surface area contributed by atoms with Gasteiger partial charge in [0.25, 0.3) is 0 Å². The quantitative estimate of drug-likeness (QED) is 0.659. The largest absolute Gasteiger partial charge is 0.419 e. The van der Waals surface area contributed by atoms with E-state index in [0.29, 0.717) is 65.2 Å². The van der Waals surface area contributed by atoms with Gasteiger partial charge in [-0.25, -0.2) is 4.98 Å². The van der Waals surface area contributed by atoms with Crippen molar-refractivity contribution >= 4 is 17.6 Å². The lowest BCUT2D eigenvalue weighted by atomic mass is 9.95. The fraction of sp³-hybridized carbons (Fsp3) is 0.682. The number of carbonyl (C=O) groups excluding carboxylic acids is 2. The normalized spacial score (nSPS) is 20.3. The van der Waals surface area contributed by atoms with Crippen molar-refractivity contribution in [3.05, 3.63) is 23.9 Å².